The molecule has 1 aliphatic rings. The molecule has 4 aromatic rings. The Morgan fingerprint density at radius 3 is 2.66 bits per heavy atom. The van der Waals surface area contributed by atoms with E-state index < -0.39 is 6.09 Å². The van der Waals surface area contributed by atoms with Crippen molar-refractivity contribution in [3.8, 4) is 17.3 Å². The van der Waals surface area contributed by atoms with Crippen molar-refractivity contribution in [3.05, 3.63) is 59.7 Å². The van der Waals surface area contributed by atoms with E-state index in [0.29, 0.717) is 40.0 Å². The van der Waals surface area contributed by atoms with E-state index >= 15 is 0 Å². The number of anilines is 2. The van der Waals surface area contributed by atoms with Gasteiger partial charge < -0.3 is 14.9 Å². The third kappa shape index (κ3) is 4.31. The first kappa shape index (κ1) is 24.9. The topological polar surface area (TPSA) is 138 Å². The molecular weight excluding hydrogens is 488 g/mol. The SMILES string of the molecule is CC(C)N(C)c1cc2c(c(CN(C)C(=O)O)n1)CN(c1cccc(-c3nncn3-c3ccnn3C)n1)C2=O. The van der Waals surface area contributed by atoms with Gasteiger partial charge in [-0.15, -0.1) is 10.2 Å². The first-order valence-corrected chi connectivity index (χ1v) is 12.0. The van der Waals surface area contributed by atoms with Crippen molar-refractivity contribution in [3.63, 3.8) is 0 Å². The van der Waals surface area contributed by atoms with E-state index in [9.17, 15) is 14.7 Å². The molecule has 5 rings (SSSR count). The standard InChI is InChI=1S/C25H28N10O3/c1-15(2)32(4)21-11-16-17(19(29-21)13-31(3)25(37)38)12-34(24(16)36)20-8-6-7-18(28-20)23-30-26-14-35(23)22-9-10-27-33(22)5/h6-11,14-15H,12-13H2,1-5H3,(H,37,38). The second kappa shape index (κ2) is 9.57. The number of aryl methyl sites for hydroxylation is 1. The zero-order chi connectivity index (χ0) is 27.1. The van der Waals surface area contributed by atoms with Crippen molar-refractivity contribution in [1.29, 1.82) is 0 Å². The van der Waals surface area contributed by atoms with E-state index in [1.807, 2.05) is 45.0 Å². The minimum Gasteiger partial charge on any atom is -0.465 e. The van der Waals surface area contributed by atoms with Crippen LogP contribution < -0.4 is 9.80 Å². The van der Waals surface area contributed by atoms with Crippen LogP contribution in [0.1, 0.15) is 35.5 Å². The average molecular weight is 517 g/mol. The summed E-state index contributed by atoms with van der Waals surface area (Å²) in [6, 6.07) is 9.12. The van der Waals surface area contributed by atoms with Crippen molar-refractivity contribution in [2.75, 3.05) is 23.9 Å². The Morgan fingerprint density at radius 2 is 1.97 bits per heavy atom. The number of aromatic nitrogens is 7. The van der Waals surface area contributed by atoms with E-state index in [4.69, 9.17) is 9.97 Å². The molecule has 13 nitrogen and oxygen atoms in total. The molecule has 13 heteroatoms. The van der Waals surface area contributed by atoms with Crippen LogP contribution in [0.25, 0.3) is 17.3 Å². The van der Waals surface area contributed by atoms with Gasteiger partial charge >= 0.3 is 6.09 Å². The fraction of sp³-hybridized carbons (Fsp3) is 0.320. The lowest BCUT2D eigenvalue weighted by molar-refractivity contribution is 0.0996. The lowest BCUT2D eigenvalue weighted by atomic mass is 10.1. The van der Waals surface area contributed by atoms with Crippen LogP contribution in [0, 0.1) is 0 Å². The lowest BCUT2D eigenvalue weighted by Crippen LogP contribution is -2.29. The van der Waals surface area contributed by atoms with Crippen LogP contribution in [0.4, 0.5) is 16.4 Å². The summed E-state index contributed by atoms with van der Waals surface area (Å²) in [4.78, 5) is 39.4. The molecule has 0 aromatic carbocycles. The number of amides is 2. The highest BCUT2D eigenvalue weighted by molar-refractivity contribution is 6.10. The zero-order valence-electron chi connectivity index (χ0n) is 21.8. The van der Waals surface area contributed by atoms with Gasteiger partial charge in [-0.1, -0.05) is 6.07 Å². The Hall–Kier alpha value is -4.81. The van der Waals surface area contributed by atoms with Crippen molar-refractivity contribution in [2.24, 2.45) is 7.05 Å². The van der Waals surface area contributed by atoms with Gasteiger partial charge in [-0.05, 0) is 32.0 Å². The number of hydrogen-bond donors (Lipinski definition) is 1. The molecule has 0 aliphatic carbocycles. The van der Waals surface area contributed by atoms with Crippen molar-refractivity contribution < 1.29 is 14.7 Å². The summed E-state index contributed by atoms with van der Waals surface area (Å²) >= 11 is 0. The van der Waals surface area contributed by atoms with E-state index in [1.165, 1.54) is 7.05 Å². The molecule has 4 aromatic heterocycles. The van der Waals surface area contributed by atoms with Crippen LogP contribution in [-0.4, -0.2) is 76.7 Å². The Kier molecular flexibility index (Phi) is 6.27. The molecule has 1 N–H and O–H groups in total. The molecule has 0 saturated heterocycles. The third-order valence-corrected chi connectivity index (χ3v) is 6.67. The molecule has 38 heavy (non-hydrogen) atoms. The van der Waals surface area contributed by atoms with E-state index in [1.54, 1.807) is 44.9 Å². The van der Waals surface area contributed by atoms with Gasteiger partial charge in [0.25, 0.3) is 5.91 Å². The van der Waals surface area contributed by atoms with Crippen LogP contribution in [0.3, 0.4) is 0 Å². The fourth-order valence-electron chi connectivity index (χ4n) is 4.28. The summed E-state index contributed by atoms with van der Waals surface area (Å²) in [5, 5.41) is 22.0. The largest absolute Gasteiger partial charge is 0.465 e. The zero-order valence-corrected chi connectivity index (χ0v) is 21.8. The number of carbonyl (C=O) groups excluding carboxylic acids is 1. The molecule has 1 aliphatic heterocycles. The van der Waals surface area contributed by atoms with Gasteiger partial charge in [-0.3, -0.25) is 18.9 Å². The molecule has 2 amide bonds. The first-order chi connectivity index (χ1) is 18.2. The fourth-order valence-corrected chi connectivity index (χ4v) is 4.28. The van der Waals surface area contributed by atoms with Gasteiger partial charge in [0.1, 0.15) is 29.5 Å². The van der Waals surface area contributed by atoms with Gasteiger partial charge in [0.15, 0.2) is 5.82 Å². The summed E-state index contributed by atoms with van der Waals surface area (Å²) in [6.45, 7) is 4.32. The summed E-state index contributed by atoms with van der Waals surface area (Å²) in [5.74, 6) is 2.10. The number of nitrogens with zero attached hydrogens (tertiary/aromatic N) is 10. The number of carboxylic acid groups (broad SMARTS) is 1. The average Bonchev–Trinajstić information content (AvgIpc) is 3.62. The number of hydrogen-bond acceptors (Lipinski definition) is 8. The maximum atomic E-state index is 13.7. The Morgan fingerprint density at radius 1 is 1.18 bits per heavy atom. The van der Waals surface area contributed by atoms with E-state index in [2.05, 4.69) is 15.3 Å². The van der Waals surface area contributed by atoms with Gasteiger partial charge in [0, 0.05) is 38.8 Å². The second-order valence-corrected chi connectivity index (χ2v) is 9.41. The smallest absolute Gasteiger partial charge is 0.407 e. The minimum absolute atomic E-state index is 0.0554. The lowest BCUT2D eigenvalue weighted by Gasteiger charge is -2.24. The number of fused-ring (bicyclic) bond motifs is 1. The molecule has 0 atom stereocenters. The molecule has 0 bridgehead atoms. The molecule has 0 unspecified atom stereocenters. The van der Waals surface area contributed by atoms with Gasteiger partial charge in [-0.2, -0.15) is 5.10 Å². The predicted molar refractivity (Wildman–Crippen MR) is 139 cm³/mol. The van der Waals surface area contributed by atoms with Crippen molar-refractivity contribution in [2.45, 2.75) is 33.0 Å². The summed E-state index contributed by atoms with van der Waals surface area (Å²) in [6.07, 6.45) is 2.19. The van der Waals surface area contributed by atoms with Gasteiger partial charge in [-0.25, -0.2) is 14.8 Å². The monoisotopic (exact) mass is 516 g/mol. The molecule has 0 saturated carbocycles. The normalized spacial score (nSPS) is 12.8. The summed E-state index contributed by atoms with van der Waals surface area (Å²) < 4.78 is 3.48. The predicted octanol–water partition coefficient (Wildman–Crippen LogP) is 2.57. The Balaban J connectivity index is 1.53. The third-order valence-electron chi connectivity index (χ3n) is 6.67. The summed E-state index contributed by atoms with van der Waals surface area (Å²) in [7, 11) is 5.19. The van der Waals surface area contributed by atoms with Crippen LogP contribution in [-0.2, 0) is 20.1 Å². The van der Waals surface area contributed by atoms with Crippen LogP contribution >= 0.6 is 0 Å². The van der Waals surface area contributed by atoms with E-state index in [0.717, 1.165) is 10.7 Å². The molecule has 0 spiro atoms. The maximum Gasteiger partial charge on any atom is 0.407 e. The van der Waals surface area contributed by atoms with Crippen molar-refractivity contribution in [1.82, 2.24) is 39.4 Å². The highest BCUT2D eigenvalue weighted by atomic mass is 16.4. The van der Waals surface area contributed by atoms with Gasteiger partial charge in [0.2, 0.25) is 0 Å². The second-order valence-electron chi connectivity index (χ2n) is 9.41. The molecule has 0 fully saturated rings. The van der Waals surface area contributed by atoms with Crippen LogP contribution in [0.2, 0.25) is 0 Å². The molecular formula is C25H28N10O3. The molecule has 5 heterocycles. The maximum absolute atomic E-state index is 13.7. The molecule has 0 radical (unpaired) electrons. The van der Waals surface area contributed by atoms with Crippen molar-refractivity contribution >= 4 is 23.6 Å². The Bertz CT molecular complexity index is 1530. The quantitative estimate of drug-likeness (QED) is 0.393. The minimum atomic E-state index is -1.07. The van der Waals surface area contributed by atoms with Crippen LogP contribution in [0.5, 0.6) is 0 Å². The van der Waals surface area contributed by atoms with Crippen LogP contribution in [0.15, 0.2) is 42.9 Å². The number of carbonyl (C=O) groups is 2. The number of rotatable bonds is 7. The number of pyridine rings is 2. The highest BCUT2D eigenvalue weighted by Gasteiger charge is 2.34. The summed E-state index contributed by atoms with van der Waals surface area (Å²) in [5.41, 5.74) is 2.25. The molecule has 196 valence electrons. The Labute approximate surface area is 219 Å². The first-order valence-electron chi connectivity index (χ1n) is 12.0. The highest BCUT2D eigenvalue weighted by Crippen LogP contribution is 2.33. The van der Waals surface area contributed by atoms with E-state index in [-0.39, 0.29) is 25.0 Å². The van der Waals surface area contributed by atoms with Gasteiger partial charge in [0.05, 0.1) is 30.5 Å².